The molecule has 1 aliphatic rings. The maximum absolute atomic E-state index is 12.8. The van der Waals surface area contributed by atoms with Crippen molar-refractivity contribution in [2.24, 2.45) is 5.92 Å². The number of nitriles is 1. The number of allylic oxidation sites excluding steroid dienone is 1. The lowest BCUT2D eigenvalue weighted by Gasteiger charge is -2.31. The molecular weight excluding hydrogens is 434 g/mol. The summed E-state index contributed by atoms with van der Waals surface area (Å²) < 4.78 is 9.49. The largest absolute Gasteiger partial charge is 0.468 e. The van der Waals surface area contributed by atoms with Gasteiger partial charge in [-0.3, -0.25) is 14.4 Å². The van der Waals surface area contributed by atoms with E-state index in [0.29, 0.717) is 18.7 Å². The first-order valence-electron chi connectivity index (χ1n) is 9.94. The molecule has 1 heterocycles. The summed E-state index contributed by atoms with van der Waals surface area (Å²) >= 11 is 1.04. The normalized spacial score (nSPS) is 17.8. The third kappa shape index (κ3) is 5.29. The van der Waals surface area contributed by atoms with Crippen molar-refractivity contribution in [1.82, 2.24) is 10.2 Å². The van der Waals surface area contributed by atoms with E-state index in [0.717, 1.165) is 18.9 Å². The number of benzene rings is 1. The fourth-order valence-corrected chi connectivity index (χ4v) is 4.38. The average Bonchev–Trinajstić information content (AvgIpc) is 2.82. The molecule has 0 saturated carbocycles. The molecule has 0 aromatic heterocycles. The Morgan fingerprint density at radius 3 is 2.25 bits per heavy atom. The zero-order valence-electron chi connectivity index (χ0n) is 18.3. The highest BCUT2D eigenvalue weighted by molar-refractivity contribution is 8.03. The summed E-state index contributed by atoms with van der Waals surface area (Å²) in [5, 5.41) is 12.7. The summed E-state index contributed by atoms with van der Waals surface area (Å²) in [6.45, 7) is 4.82. The van der Waals surface area contributed by atoms with E-state index >= 15 is 0 Å². The summed E-state index contributed by atoms with van der Waals surface area (Å²) in [6, 6.07) is 8.19. The summed E-state index contributed by atoms with van der Waals surface area (Å²) in [4.78, 5) is 51.0. The van der Waals surface area contributed by atoms with E-state index in [1.807, 2.05) is 13.8 Å². The van der Waals surface area contributed by atoms with Gasteiger partial charge in [-0.25, -0.2) is 4.79 Å². The second kappa shape index (κ2) is 11.3. The van der Waals surface area contributed by atoms with Gasteiger partial charge in [-0.2, -0.15) is 5.26 Å². The maximum atomic E-state index is 12.8. The first kappa shape index (κ1) is 24.9. The Labute approximate surface area is 190 Å². The molecule has 0 spiro atoms. The molecule has 1 aromatic rings. The fourth-order valence-electron chi connectivity index (χ4n) is 3.43. The Bertz CT molecular complexity index is 963. The van der Waals surface area contributed by atoms with E-state index < -0.39 is 29.7 Å². The lowest BCUT2D eigenvalue weighted by Crippen LogP contribution is -2.44. The van der Waals surface area contributed by atoms with Crippen molar-refractivity contribution in [3.63, 3.8) is 0 Å². The van der Waals surface area contributed by atoms with Crippen LogP contribution in [-0.4, -0.2) is 61.7 Å². The van der Waals surface area contributed by atoms with Gasteiger partial charge in [-0.05, 0) is 31.5 Å². The zero-order valence-corrected chi connectivity index (χ0v) is 19.2. The number of carbonyl (C=O) groups excluding carboxylic acids is 4. The number of ether oxygens (including phenoxy) is 2. The lowest BCUT2D eigenvalue weighted by atomic mass is 9.78. The highest BCUT2D eigenvalue weighted by Crippen LogP contribution is 2.40. The Hall–Kier alpha value is -3.32. The molecule has 0 aliphatic carbocycles. The van der Waals surface area contributed by atoms with Crippen molar-refractivity contribution in [2.75, 3.05) is 33.1 Å². The molecule has 0 unspecified atom stereocenters. The SMILES string of the molecule is CCN(CC)C(=O)CSC1=C(C#N)[C@@H](c2ccc(C(=O)OC)cc2)[C@H](C(=O)OC)C(=O)N1. The van der Waals surface area contributed by atoms with Crippen molar-refractivity contribution >= 4 is 35.5 Å². The van der Waals surface area contributed by atoms with Gasteiger partial charge in [0.2, 0.25) is 11.8 Å². The number of esters is 2. The predicted octanol–water partition coefficient (Wildman–Crippen LogP) is 1.81. The molecule has 10 heteroatoms. The minimum Gasteiger partial charge on any atom is -0.468 e. The van der Waals surface area contributed by atoms with Crippen LogP contribution < -0.4 is 5.32 Å². The second-order valence-corrected chi connectivity index (χ2v) is 7.78. The topological polar surface area (TPSA) is 126 Å². The third-order valence-corrected chi connectivity index (χ3v) is 6.13. The Morgan fingerprint density at radius 2 is 1.75 bits per heavy atom. The summed E-state index contributed by atoms with van der Waals surface area (Å²) in [6.07, 6.45) is 0. The quantitative estimate of drug-likeness (QED) is 0.461. The van der Waals surface area contributed by atoms with Crippen LogP contribution in [0.25, 0.3) is 0 Å². The van der Waals surface area contributed by atoms with Gasteiger partial charge in [0.05, 0.1) is 42.2 Å². The van der Waals surface area contributed by atoms with E-state index in [1.165, 1.54) is 19.2 Å². The molecule has 2 rings (SSSR count). The number of methoxy groups -OCH3 is 2. The molecule has 170 valence electrons. The standard InChI is InChI=1S/C22H25N3O6S/c1-5-25(6-2)16(26)12-32-20-15(11-23)17(18(19(27)24-20)22(29)31-4)13-7-9-14(10-8-13)21(28)30-3/h7-10,17-18H,5-6,12H2,1-4H3,(H,24,27)/t17-,18+/m1/s1. The first-order chi connectivity index (χ1) is 15.3. The van der Waals surface area contributed by atoms with Gasteiger partial charge in [-0.15, -0.1) is 0 Å². The molecule has 1 aliphatic heterocycles. The van der Waals surface area contributed by atoms with E-state index in [4.69, 9.17) is 4.74 Å². The van der Waals surface area contributed by atoms with Crippen LogP contribution >= 0.6 is 11.8 Å². The maximum Gasteiger partial charge on any atom is 0.337 e. The minimum atomic E-state index is -1.29. The van der Waals surface area contributed by atoms with Crippen molar-refractivity contribution < 1.29 is 28.7 Å². The molecule has 0 bridgehead atoms. The number of rotatable bonds is 8. The molecule has 2 amide bonds. The van der Waals surface area contributed by atoms with Gasteiger partial charge < -0.3 is 19.7 Å². The van der Waals surface area contributed by atoms with Gasteiger partial charge in [0.25, 0.3) is 0 Å². The fraction of sp³-hybridized carbons (Fsp3) is 0.409. The average molecular weight is 460 g/mol. The van der Waals surface area contributed by atoms with Crippen LogP contribution in [0.15, 0.2) is 34.9 Å². The summed E-state index contributed by atoms with van der Waals surface area (Å²) in [5.41, 5.74) is 0.906. The number of hydrogen-bond acceptors (Lipinski definition) is 8. The van der Waals surface area contributed by atoms with Gasteiger partial charge in [0.15, 0.2) is 0 Å². The predicted molar refractivity (Wildman–Crippen MR) is 117 cm³/mol. The van der Waals surface area contributed by atoms with Crippen molar-refractivity contribution in [2.45, 2.75) is 19.8 Å². The molecule has 0 radical (unpaired) electrons. The van der Waals surface area contributed by atoms with E-state index in [1.54, 1.807) is 17.0 Å². The summed E-state index contributed by atoms with van der Waals surface area (Å²) in [5.74, 6) is -4.28. The van der Waals surface area contributed by atoms with E-state index in [-0.39, 0.29) is 27.8 Å². The van der Waals surface area contributed by atoms with Crippen LogP contribution in [0.3, 0.4) is 0 Å². The number of nitrogens with one attached hydrogen (secondary N) is 1. The first-order valence-corrected chi connectivity index (χ1v) is 10.9. The van der Waals surface area contributed by atoms with Crippen molar-refractivity contribution in [3.05, 3.63) is 46.0 Å². The van der Waals surface area contributed by atoms with Crippen LogP contribution in [0.2, 0.25) is 0 Å². The Kier molecular flexibility index (Phi) is 8.84. The molecule has 1 aromatic carbocycles. The molecular formula is C22H25N3O6S. The smallest absolute Gasteiger partial charge is 0.337 e. The Balaban J connectivity index is 2.48. The molecule has 9 nitrogen and oxygen atoms in total. The second-order valence-electron chi connectivity index (χ2n) is 6.79. The molecule has 0 saturated heterocycles. The molecule has 0 fully saturated rings. The van der Waals surface area contributed by atoms with Crippen molar-refractivity contribution in [1.29, 1.82) is 5.26 Å². The van der Waals surface area contributed by atoms with Gasteiger partial charge in [0, 0.05) is 19.0 Å². The van der Waals surface area contributed by atoms with Crippen LogP contribution in [-0.2, 0) is 23.9 Å². The Morgan fingerprint density at radius 1 is 1.12 bits per heavy atom. The highest BCUT2D eigenvalue weighted by atomic mass is 32.2. The van der Waals surface area contributed by atoms with E-state index in [9.17, 15) is 24.4 Å². The van der Waals surface area contributed by atoms with E-state index in [2.05, 4.69) is 16.1 Å². The van der Waals surface area contributed by atoms with Crippen LogP contribution in [0.1, 0.15) is 35.7 Å². The highest BCUT2D eigenvalue weighted by Gasteiger charge is 2.44. The van der Waals surface area contributed by atoms with Crippen LogP contribution in [0, 0.1) is 17.2 Å². The zero-order chi connectivity index (χ0) is 23.8. The van der Waals surface area contributed by atoms with Crippen LogP contribution in [0.5, 0.6) is 0 Å². The van der Waals surface area contributed by atoms with Crippen molar-refractivity contribution in [3.8, 4) is 6.07 Å². The number of hydrogen-bond donors (Lipinski definition) is 1. The molecule has 1 N–H and O–H groups in total. The number of amides is 2. The number of carbonyl (C=O) groups is 4. The third-order valence-electron chi connectivity index (χ3n) is 5.13. The lowest BCUT2D eigenvalue weighted by molar-refractivity contribution is -0.150. The number of nitrogens with zero attached hydrogens (tertiary/aromatic N) is 2. The summed E-state index contributed by atoms with van der Waals surface area (Å²) in [7, 11) is 2.42. The van der Waals surface area contributed by atoms with Crippen LogP contribution in [0.4, 0.5) is 0 Å². The monoisotopic (exact) mass is 459 g/mol. The molecule has 2 atom stereocenters. The van der Waals surface area contributed by atoms with Gasteiger partial charge >= 0.3 is 11.9 Å². The minimum absolute atomic E-state index is 0.0271. The number of thioether (sulfide) groups is 1. The van der Waals surface area contributed by atoms with Gasteiger partial charge in [-0.1, -0.05) is 23.9 Å². The van der Waals surface area contributed by atoms with Gasteiger partial charge in [0.1, 0.15) is 5.92 Å². The molecule has 32 heavy (non-hydrogen) atoms.